The SMILES string of the molecule is Cc1cc(C(=O)O)cc(NC(C)C(=O)NC(C)(C)C)n1. The first-order valence-corrected chi connectivity index (χ1v) is 6.39. The summed E-state index contributed by atoms with van der Waals surface area (Å²) in [4.78, 5) is 27.1. The van der Waals surface area contributed by atoms with Gasteiger partial charge >= 0.3 is 5.97 Å². The van der Waals surface area contributed by atoms with E-state index >= 15 is 0 Å². The number of rotatable bonds is 4. The lowest BCUT2D eigenvalue weighted by Gasteiger charge is -2.24. The molecular weight excluding hydrogens is 258 g/mol. The van der Waals surface area contributed by atoms with Crippen LogP contribution >= 0.6 is 0 Å². The van der Waals surface area contributed by atoms with Gasteiger partial charge in [0.15, 0.2) is 0 Å². The minimum atomic E-state index is -1.02. The quantitative estimate of drug-likeness (QED) is 0.781. The number of carboxylic acids is 1. The number of anilines is 1. The Labute approximate surface area is 118 Å². The molecule has 3 N–H and O–H groups in total. The molecule has 1 unspecified atom stereocenters. The highest BCUT2D eigenvalue weighted by Crippen LogP contribution is 2.12. The Hall–Kier alpha value is -2.11. The number of carbonyl (C=O) groups excluding carboxylic acids is 1. The number of nitrogens with one attached hydrogen (secondary N) is 2. The molecule has 0 radical (unpaired) electrons. The van der Waals surface area contributed by atoms with Crippen LogP contribution in [0.15, 0.2) is 12.1 Å². The fraction of sp³-hybridized carbons (Fsp3) is 0.500. The maximum absolute atomic E-state index is 11.9. The van der Waals surface area contributed by atoms with Crippen LogP contribution in [0, 0.1) is 6.92 Å². The molecule has 0 aliphatic rings. The molecule has 110 valence electrons. The zero-order valence-corrected chi connectivity index (χ0v) is 12.4. The molecule has 0 saturated heterocycles. The molecule has 0 aliphatic heterocycles. The number of aromatic carboxylic acids is 1. The molecule has 1 amide bonds. The summed E-state index contributed by atoms with van der Waals surface area (Å²) < 4.78 is 0. The first-order chi connectivity index (χ1) is 9.08. The molecule has 6 heteroatoms. The van der Waals surface area contributed by atoms with Gasteiger partial charge in [0.1, 0.15) is 11.9 Å². The molecule has 1 rings (SSSR count). The molecule has 0 aromatic carbocycles. The summed E-state index contributed by atoms with van der Waals surface area (Å²) >= 11 is 0. The Morgan fingerprint density at radius 2 is 1.90 bits per heavy atom. The summed E-state index contributed by atoms with van der Waals surface area (Å²) in [6.07, 6.45) is 0. The first kappa shape index (κ1) is 15.9. The van der Waals surface area contributed by atoms with Gasteiger partial charge < -0.3 is 15.7 Å². The van der Waals surface area contributed by atoms with Gasteiger partial charge in [0, 0.05) is 11.2 Å². The first-order valence-electron chi connectivity index (χ1n) is 6.39. The van der Waals surface area contributed by atoms with Crippen LogP contribution in [0.1, 0.15) is 43.7 Å². The summed E-state index contributed by atoms with van der Waals surface area (Å²) in [6.45, 7) is 9.09. The van der Waals surface area contributed by atoms with Gasteiger partial charge in [-0.2, -0.15) is 0 Å². The second-order valence-electron chi connectivity index (χ2n) is 5.79. The van der Waals surface area contributed by atoms with Crippen molar-refractivity contribution in [3.05, 3.63) is 23.4 Å². The molecule has 0 spiro atoms. The van der Waals surface area contributed by atoms with Gasteiger partial charge in [-0.05, 0) is 46.8 Å². The van der Waals surface area contributed by atoms with Crippen LogP contribution in [0.2, 0.25) is 0 Å². The van der Waals surface area contributed by atoms with Gasteiger partial charge in [0.05, 0.1) is 5.56 Å². The highest BCUT2D eigenvalue weighted by atomic mass is 16.4. The van der Waals surface area contributed by atoms with Gasteiger partial charge in [-0.1, -0.05) is 0 Å². The van der Waals surface area contributed by atoms with E-state index in [0.717, 1.165) is 0 Å². The second-order valence-corrected chi connectivity index (χ2v) is 5.79. The summed E-state index contributed by atoms with van der Waals surface area (Å²) in [5.41, 5.74) is 0.401. The number of pyridine rings is 1. The maximum Gasteiger partial charge on any atom is 0.335 e. The lowest BCUT2D eigenvalue weighted by molar-refractivity contribution is -0.122. The van der Waals surface area contributed by atoms with Crippen LogP contribution in [-0.2, 0) is 4.79 Å². The third kappa shape index (κ3) is 4.87. The lowest BCUT2D eigenvalue weighted by Crippen LogP contribution is -2.47. The van der Waals surface area contributed by atoms with E-state index in [2.05, 4.69) is 15.6 Å². The van der Waals surface area contributed by atoms with Crippen LogP contribution in [0.3, 0.4) is 0 Å². The molecular formula is C14H21N3O3. The molecule has 1 aromatic heterocycles. The van der Waals surface area contributed by atoms with Crippen molar-refractivity contribution in [1.82, 2.24) is 10.3 Å². The third-order valence-corrected chi connectivity index (χ3v) is 2.46. The van der Waals surface area contributed by atoms with E-state index in [9.17, 15) is 9.59 Å². The minimum Gasteiger partial charge on any atom is -0.478 e. The van der Waals surface area contributed by atoms with Gasteiger partial charge in [-0.15, -0.1) is 0 Å². The van der Waals surface area contributed by atoms with Crippen LogP contribution in [0.25, 0.3) is 0 Å². The van der Waals surface area contributed by atoms with Crippen molar-refractivity contribution in [2.75, 3.05) is 5.32 Å². The van der Waals surface area contributed by atoms with Gasteiger partial charge in [0.2, 0.25) is 5.91 Å². The summed E-state index contributed by atoms with van der Waals surface area (Å²) in [6, 6.07) is 2.38. The third-order valence-electron chi connectivity index (χ3n) is 2.46. The number of amides is 1. The fourth-order valence-electron chi connectivity index (χ4n) is 1.63. The summed E-state index contributed by atoms with van der Waals surface area (Å²) in [5, 5.41) is 14.8. The van der Waals surface area contributed by atoms with E-state index in [-0.39, 0.29) is 17.0 Å². The Morgan fingerprint density at radius 1 is 1.30 bits per heavy atom. The molecule has 0 fully saturated rings. The largest absolute Gasteiger partial charge is 0.478 e. The van der Waals surface area contributed by atoms with Crippen molar-refractivity contribution in [3.8, 4) is 0 Å². The Morgan fingerprint density at radius 3 is 2.40 bits per heavy atom. The Balaban J connectivity index is 2.83. The number of aromatic nitrogens is 1. The normalized spacial score (nSPS) is 12.7. The molecule has 0 saturated carbocycles. The lowest BCUT2D eigenvalue weighted by atomic mass is 10.1. The van der Waals surface area contributed by atoms with Crippen LogP contribution in [0.5, 0.6) is 0 Å². The average molecular weight is 279 g/mol. The number of carbonyl (C=O) groups is 2. The van der Waals surface area contributed by atoms with Crippen molar-refractivity contribution in [3.63, 3.8) is 0 Å². The summed E-state index contributed by atoms with van der Waals surface area (Å²) in [7, 11) is 0. The van der Waals surface area contributed by atoms with Crippen molar-refractivity contribution in [2.45, 2.75) is 46.2 Å². The number of carboxylic acid groups (broad SMARTS) is 1. The van der Waals surface area contributed by atoms with E-state index in [1.165, 1.54) is 12.1 Å². The molecule has 6 nitrogen and oxygen atoms in total. The zero-order valence-electron chi connectivity index (χ0n) is 12.4. The summed E-state index contributed by atoms with van der Waals surface area (Å²) in [5.74, 6) is -0.818. The highest BCUT2D eigenvalue weighted by Gasteiger charge is 2.19. The number of hydrogen-bond acceptors (Lipinski definition) is 4. The standard InChI is InChI=1S/C14H21N3O3/c1-8-6-10(13(19)20)7-11(15-8)16-9(2)12(18)17-14(3,4)5/h6-7,9H,1-5H3,(H,15,16)(H,17,18)(H,19,20). The van der Waals surface area contributed by atoms with Gasteiger partial charge in [-0.3, -0.25) is 4.79 Å². The Kier molecular flexibility index (Phi) is 4.70. The predicted molar refractivity (Wildman–Crippen MR) is 76.9 cm³/mol. The van der Waals surface area contributed by atoms with Crippen molar-refractivity contribution in [2.24, 2.45) is 0 Å². The van der Waals surface area contributed by atoms with E-state index in [4.69, 9.17) is 5.11 Å². The van der Waals surface area contributed by atoms with E-state index in [1.807, 2.05) is 20.8 Å². The van der Waals surface area contributed by atoms with Crippen molar-refractivity contribution in [1.29, 1.82) is 0 Å². The molecule has 1 aromatic rings. The average Bonchev–Trinajstić information content (AvgIpc) is 2.25. The molecule has 0 aliphatic carbocycles. The molecule has 1 heterocycles. The van der Waals surface area contributed by atoms with Crippen LogP contribution in [-0.4, -0.2) is 33.5 Å². The van der Waals surface area contributed by atoms with Gasteiger partial charge in [-0.25, -0.2) is 9.78 Å². The monoisotopic (exact) mass is 279 g/mol. The smallest absolute Gasteiger partial charge is 0.335 e. The topological polar surface area (TPSA) is 91.3 Å². The van der Waals surface area contributed by atoms with Crippen LogP contribution < -0.4 is 10.6 Å². The molecule has 20 heavy (non-hydrogen) atoms. The van der Waals surface area contributed by atoms with Crippen molar-refractivity contribution >= 4 is 17.7 Å². The van der Waals surface area contributed by atoms with E-state index < -0.39 is 12.0 Å². The maximum atomic E-state index is 11.9. The van der Waals surface area contributed by atoms with Crippen molar-refractivity contribution < 1.29 is 14.7 Å². The predicted octanol–water partition coefficient (Wildman–Crippen LogP) is 1.80. The Bertz CT molecular complexity index is 521. The zero-order chi connectivity index (χ0) is 15.5. The van der Waals surface area contributed by atoms with E-state index in [0.29, 0.717) is 11.5 Å². The van der Waals surface area contributed by atoms with E-state index in [1.54, 1.807) is 13.8 Å². The fourth-order valence-corrected chi connectivity index (χ4v) is 1.63. The number of aryl methyl sites for hydroxylation is 1. The number of nitrogens with zero attached hydrogens (tertiary/aromatic N) is 1. The minimum absolute atomic E-state index is 0.142. The highest BCUT2D eigenvalue weighted by molar-refractivity contribution is 5.89. The van der Waals surface area contributed by atoms with Gasteiger partial charge in [0.25, 0.3) is 0 Å². The number of hydrogen-bond donors (Lipinski definition) is 3. The molecule has 0 bridgehead atoms. The second kappa shape index (κ2) is 5.90. The van der Waals surface area contributed by atoms with Crippen LogP contribution in [0.4, 0.5) is 5.82 Å². The molecule has 1 atom stereocenters.